The molecule has 1 aliphatic heterocycles. The van der Waals surface area contributed by atoms with Gasteiger partial charge in [0.05, 0.1) is 11.3 Å². The molecule has 0 aromatic heterocycles. The number of rotatable bonds is 3. The second-order valence-electron chi connectivity index (χ2n) is 6.70. The van der Waals surface area contributed by atoms with Gasteiger partial charge in [-0.25, -0.2) is 8.42 Å². The minimum Gasteiger partial charge on any atom is -0.364 e. The second-order valence-corrected chi connectivity index (χ2v) is 8.56. The average Bonchev–Trinajstić information content (AvgIpc) is 2.70. The molecule has 0 fully saturated rings. The van der Waals surface area contributed by atoms with Crippen LogP contribution in [0.1, 0.15) is 22.9 Å². The van der Waals surface area contributed by atoms with Crippen LogP contribution >= 0.6 is 0 Å². The molecule has 4 rings (SSSR count). The molecule has 150 valence electrons. The molecule has 3 aromatic carbocycles. The van der Waals surface area contributed by atoms with E-state index in [1.54, 1.807) is 42.5 Å². The molecule has 0 saturated carbocycles. The summed E-state index contributed by atoms with van der Waals surface area (Å²) < 4.78 is 66.7. The Balaban J connectivity index is 1.79. The monoisotopic (exact) mass is 418 g/mol. The molecular formula is C21H17F3N2O2S. The zero-order valence-electron chi connectivity index (χ0n) is 15.1. The van der Waals surface area contributed by atoms with Gasteiger partial charge in [0, 0.05) is 6.54 Å². The van der Waals surface area contributed by atoms with Gasteiger partial charge < -0.3 is 5.32 Å². The van der Waals surface area contributed by atoms with Gasteiger partial charge in [-0.15, -0.1) is 0 Å². The van der Waals surface area contributed by atoms with E-state index in [-0.39, 0.29) is 11.4 Å². The van der Waals surface area contributed by atoms with Crippen molar-refractivity contribution in [3.8, 4) is 0 Å². The molecule has 0 aliphatic carbocycles. The summed E-state index contributed by atoms with van der Waals surface area (Å²) >= 11 is 0. The third-order valence-corrected chi connectivity index (χ3v) is 6.66. The zero-order chi connectivity index (χ0) is 20.6. The van der Waals surface area contributed by atoms with Crippen LogP contribution in [0.2, 0.25) is 0 Å². The van der Waals surface area contributed by atoms with Crippen LogP contribution in [0.4, 0.5) is 18.9 Å². The Kier molecular flexibility index (Phi) is 4.84. The average molecular weight is 418 g/mol. The maximum absolute atomic E-state index is 13.3. The molecule has 1 N–H and O–H groups in total. The lowest BCUT2D eigenvalue weighted by molar-refractivity contribution is -0.137. The van der Waals surface area contributed by atoms with Crippen molar-refractivity contribution in [1.29, 1.82) is 0 Å². The van der Waals surface area contributed by atoms with Crippen LogP contribution in [0.3, 0.4) is 0 Å². The van der Waals surface area contributed by atoms with E-state index in [4.69, 9.17) is 0 Å². The minimum atomic E-state index is -4.46. The van der Waals surface area contributed by atoms with E-state index in [1.165, 1.54) is 22.5 Å². The van der Waals surface area contributed by atoms with Gasteiger partial charge in [0.25, 0.3) is 0 Å². The van der Waals surface area contributed by atoms with E-state index in [2.05, 4.69) is 5.32 Å². The Morgan fingerprint density at radius 2 is 1.48 bits per heavy atom. The third kappa shape index (κ3) is 3.73. The molecule has 0 amide bonds. The fourth-order valence-corrected chi connectivity index (χ4v) is 5.02. The van der Waals surface area contributed by atoms with Gasteiger partial charge in [-0.1, -0.05) is 54.6 Å². The number of halogens is 3. The molecule has 0 spiro atoms. The number of hydrogen-bond acceptors (Lipinski definition) is 3. The fraction of sp³-hybridized carbons (Fsp3) is 0.143. The molecule has 29 heavy (non-hydrogen) atoms. The minimum absolute atomic E-state index is 0.0796. The van der Waals surface area contributed by atoms with E-state index in [0.717, 1.165) is 17.7 Å². The van der Waals surface area contributed by atoms with Crippen molar-refractivity contribution in [1.82, 2.24) is 4.31 Å². The van der Waals surface area contributed by atoms with Gasteiger partial charge in [0.15, 0.2) is 0 Å². The van der Waals surface area contributed by atoms with Crippen LogP contribution in [0.5, 0.6) is 0 Å². The fourth-order valence-electron chi connectivity index (χ4n) is 3.34. The summed E-state index contributed by atoms with van der Waals surface area (Å²) in [6.07, 6.45) is -5.29. The summed E-state index contributed by atoms with van der Waals surface area (Å²) in [6.45, 7) is 0.0796. The third-order valence-electron chi connectivity index (χ3n) is 4.79. The number of benzene rings is 3. The van der Waals surface area contributed by atoms with E-state index < -0.39 is 27.9 Å². The van der Waals surface area contributed by atoms with Crippen LogP contribution < -0.4 is 5.32 Å². The number of anilines is 1. The first kappa shape index (κ1) is 19.5. The largest absolute Gasteiger partial charge is 0.416 e. The number of nitrogens with one attached hydrogen (secondary N) is 1. The zero-order valence-corrected chi connectivity index (χ0v) is 15.9. The predicted molar refractivity (Wildman–Crippen MR) is 103 cm³/mol. The molecule has 1 aliphatic rings. The van der Waals surface area contributed by atoms with Crippen LogP contribution in [0.25, 0.3) is 0 Å². The summed E-state index contributed by atoms with van der Waals surface area (Å²) in [6, 6.07) is 20.1. The van der Waals surface area contributed by atoms with Crippen molar-refractivity contribution < 1.29 is 21.6 Å². The van der Waals surface area contributed by atoms with Gasteiger partial charge in [0.2, 0.25) is 10.0 Å². The van der Waals surface area contributed by atoms with E-state index in [0.29, 0.717) is 11.3 Å². The highest BCUT2D eigenvalue weighted by Gasteiger charge is 2.39. The summed E-state index contributed by atoms with van der Waals surface area (Å²) in [4.78, 5) is 0.138. The highest BCUT2D eigenvalue weighted by Crippen LogP contribution is 2.39. The maximum Gasteiger partial charge on any atom is 0.416 e. The van der Waals surface area contributed by atoms with E-state index >= 15 is 0 Å². The van der Waals surface area contributed by atoms with Crippen molar-refractivity contribution in [3.63, 3.8) is 0 Å². The Bertz CT molecular complexity index is 1110. The number of alkyl halides is 3. The maximum atomic E-state index is 13.3. The summed E-state index contributed by atoms with van der Waals surface area (Å²) in [7, 11) is -3.87. The molecule has 1 heterocycles. The normalized spacial score (nSPS) is 18.7. The van der Waals surface area contributed by atoms with Gasteiger partial charge in [-0.2, -0.15) is 17.5 Å². The Hall–Kier alpha value is -2.84. The van der Waals surface area contributed by atoms with Crippen LogP contribution in [-0.2, 0) is 22.7 Å². The molecule has 0 unspecified atom stereocenters. The van der Waals surface area contributed by atoms with Crippen LogP contribution in [-0.4, -0.2) is 12.7 Å². The lowest BCUT2D eigenvalue weighted by Crippen LogP contribution is -2.42. The van der Waals surface area contributed by atoms with Gasteiger partial charge in [-0.05, 0) is 35.4 Å². The Labute approximate surface area is 166 Å². The van der Waals surface area contributed by atoms with Crippen molar-refractivity contribution >= 4 is 15.7 Å². The van der Waals surface area contributed by atoms with Gasteiger partial charge in [0.1, 0.15) is 11.1 Å². The smallest absolute Gasteiger partial charge is 0.364 e. The van der Waals surface area contributed by atoms with Crippen molar-refractivity contribution in [2.75, 3.05) is 5.32 Å². The SMILES string of the molecule is O=S1(=O)c2ccccc2N[C@H](c2ccc(C(F)(F)F)cc2)N1Cc1ccccc1. The number of fused-ring (bicyclic) bond motifs is 1. The van der Waals surface area contributed by atoms with E-state index in [9.17, 15) is 21.6 Å². The summed E-state index contributed by atoms with van der Waals surface area (Å²) in [5.41, 5.74) is 0.831. The molecule has 8 heteroatoms. The van der Waals surface area contributed by atoms with Gasteiger partial charge >= 0.3 is 6.18 Å². The van der Waals surface area contributed by atoms with Gasteiger partial charge in [-0.3, -0.25) is 0 Å². The molecular weight excluding hydrogens is 401 g/mol. The molecule has 1 atom stereocenters. The number of sulfonamides is 1. The molecule has 0 bridgehead atoms. The first-order valence-electron chi connectivity index (χ1n) is 8.85. The number of nitrogens with zero attached hydrogens (tertiary/aromatic N) is 1. The molecule has 4 nitrogen and oxygen atoms in total. The predicted octanol–water partition coefficient (Wildman–Crippen LogP) is 5.02. The molecule has 0 radical (unpaired) electrons. The molecule has 0 saturated heterocycles. The standard InChI is InChI=1S/C21H17F3N2O2S/c22-21(23,24)17-12-10-16(11-13-17)20-25-18-8-4-5-9-19(18)29(27,28)26(20)14-15-6-2-1-3-7-15/h1-13,20,25H,14H2/t20-/m0/s1. The lowest BCUT2D eigenvalue weighted by Gasteiger charge is -2.37. The van der Waals surface area contributed by atoms with Crippen LogP contribution in [0, 0.1) is 0 Å². The number of para-hydroxylation sites is 1. The second kappa shape index (κ2) is 7.20. The topological polar surface area (TPSA) is 49.4 Å². The quantitative estimate of drug-likeness (QED) is 0.650. The highest BCUT2D eigenvalue weighted by molar-refractivity contribution is 7.89. The molecule has 3 aromatic rings. The lowest BCUT2D eigenvalue weighted by atomic mass is 10.1. The first-order valence-corrected chi connectivity index (χ1v) is 10.3. The summed E-state index contributed by atoms with van der Waals surface area (Å²) in [5, 5.41) is 3.16. The van der Waals surface area contributed by atoms with Crippen molar-refractivity contribution in [3.05, 3.63) is 95.6 Å². The summed E-state index contributed by atoms with van der Waals surface area (Å²) in [5.74, 6) is 0. The number of hydrogen-bond donors (Lipinski definition) is 1. The highest BCUT2D eigenvalue weighted by atomic mass is 32.2. The van der Waals surface area contributed by atoms with E-state index in [1.807, 2.05) is 6.07 Å². The van der Waals surface area contributed by atoms with Crippen LogP contribution in [0.15, 0.2) is 83.8 Å². The Morgan fingerprint density at radius 3 is 2.14 bits per heavy atom. The first-order chi connectivity index (χ1) is 13.8. The van der Waals surface area contributed by atoms with Crippen molar-refractivity contribution in [2.45, 2.75) is 23.8 Å². The Morgan fingerprint density at radius 1 is 0.862 bits per heavy atom. The van der Waals surface area contributed by atoms with Crippen molar-refractivity contribution in [2.24, 2.45) is 0 Å².